The number of nitrogens with zero attached hydrogens (tertiary/aromatic N) is 2. The van der Waals surface area contributed by atoms with Crippen molar-refractivity contribution in [2.45, 2.75) is 19.4 Å². The number of carbonyl (C=O) groups excluding carboxylic acids is 2. The molecule has 0 bridgehead atoms. The summed E-state index contributed by atoms with van der Waals surface area (Å²) in [6, 6.07) is -0.403. The molecule has 4 nitrogen and oxygen atoms in total. The first-order valence-corrected chi connectivity index (χ1v) is 4.31. The van der Waals surface area contributed by atoms with Gasteiger partial charge < -0.3 is 0 Å². The Morgan fingerprint density at radius 1 is 1.25 bits per heavy atom. The number of urea groups is 1. The van der Waals surface area contributed by atoms with E-state index in [0.29, 0.717) is 0 Å². The van der Waals surface area contributed by atoms with Crippen LogP contribution in [0.4, 0.5) is 4.79 Å². The van der Waals surface area contributed by atoms with Gasteiger partial charge >= 0.3 is 6.03 Å². The summed E-state index contributed by atoms with van der Waals surface area (Å²) < 4.78 is 2.11. The van der Waals surface area contributed by atoms with E-state index < -0.39 is 11.6 Å². The van der Waals surface area contributed by atoms with Crippen LogP contribution in [0.1, 0.15) is 13.8 Å². The molecule has 0 N–H and O–H groups in total. The molecule has 0 atom stereocenters. The predicted octanol–water partition coefficient (Wildman–Crippen LogP) is 2.23. The van der Waals surface area contributed by atoms with Crippen LogP contribution in [0.25, 0.3) is 0 Å². The SMILES string of the molecule is Br.CC1(C)C(=O)N(Br)C(=O)N1Br. The molecule has 0 saturated carbocycles. The number of hydrogen-bond donors (Lipinski definition) is 0. The molecule has 0 radical (unpaired) electrons. The minimum Gasteiger partial charge on any atom is -0.271 e. The third-order valence-corrected chi connectivity index (χ3v) is 3.34. The zero-order chi connectivity index (χ0) is 8.81. The minimum absolute atomic E-state index is 0. The van der Waals surface area contributed by atoms with Crippen LogP contribution in [0.5, 0.6) is 0 Å². The highest BCUT2D eigenvalue weighted by Crippen LogP contribution is 2.32. The maximum atomic E-state index is 11.2. The van der Waals surface area contributed by atoms with E-state index in [4.69, 9.17) is 0 Å². The molecule has 7 heteroatoms. The van der Waals surface area contributed by atoms with Crippen LogP contribution >= 0.6 is 49.3 Å². The maximum Gasteiger partial charge on any atom is 0.348 e. The van der Waals surface area contributed by atoms with Crippen LogP contribution in [0.3, 0.4) is 0 Å². The van der Waals surface area contributed by atoms with E-state index in [1.165, 1.54) is 3.93 Å². The van der Waals surface area contributed by atoms with Gasteiger partial charge in [0.1, 0.15) is 5.54 Å². The van der Waals surface area contributed by atoms with Crippen molar-refractivity contribution in [2.75, 3.05) is 0 Å². The van der Waals surface area contributed by atoms with Gasteiger partial charge in [-0.3, -0.25) is 4.79 Å². The topological polar surface area (TPSA) is 40.6 Å². The predicted molar refractivity (Wildman–Crippen MR) is 56.3 cm³/mol. The van der Waals surface area contributed by atoms with Gasteiger partial charge in [0.15, 0.2) is 0 Å². The summed E-state index contributed by atoms with van der Waals surface area (Å²) in [7, 11) is 0. The van der Waals surface area contributed by atoms with E-state index in [0.717, 1.165) is 3.93 Å². The van der Waals surface area contributed by atoms with Gasteiger partial charge in [-0.25, -0.2) is 8.72 Å². The molecule has 1 fully saturated rings. The lowest BCUT2D eigenvalue weighted by Gasteiger charge is -2.19. The largest absolute Gasteiger partial charge is 0.348 e. The molecule has 1 aliphatic rings. The van der Waals surface area contributed by atoms with Crippen molar-refractivity contribution in [2.24, 2.45) is 0 Å². The Balaban J connectivity index is 0.00000121. The molecule has 0 aromatic carbocycles. The van der Waals surface area contributed by atoms with Crippen molar-refractivity contribution in [3.8, 4) is 0 Å². The molecule has 1 saturated heterocycles. The van der Waals surface area contributed by atoms with Crippen molar-refractivity contribution < 1.29 is 9.59 Å². The quantitative estimate of drug-likeness (QED) is 0.487. The van der Waals surface area contributed by atoms with Crippen molar-refractivity contribution in [1.29, 1.82) is 0 Å². The third-order valence-electron chi connectivity index (χ3n) is 1.53. The lowest BCUT2D eigenvalue weighted by atomic mass is 10.1. The first-order valence-electron chi connectivity index (χ1n) is 2.89. The summed E-state index contributed by atoms with van der Waals surface area (Å²) >= 11 is 5.84. The van der Waals surface area contributed by atoms with Gasteiger partial charge in [0.2, 0.25) is 0 Å². The highest BCUT2D eigenvalue weighted by Gasteiger charge is 2.50. The Labute approximate surface area is 97.7 Å². The Bertz CT molecular complexity index is 231. The Hall–Kier alpha value is 0.380. The summed E-state index contributed by atoms with van der Waals surface area (Å²) in [4.78, 5) is 22.3. The fourth-order valence-corrected chi connectivity index (χ4v) is 1.84. The van der Waals surface area contributed by atoms with Crippen molar-refractivity contribution in [3.05, 3.63) is 0 Å². The molecule has 70 valence electrons. The molecule has 0 unspecified atom stereocenters. The van der Waals surface area contributed by atoms with Gasteiger partial charge in [-0.05, 0) is 13.8 Å². The van der Waals surface area contributed by atoms with Crippen LogP contribution in [-0.2, 0) is 4.79 Å². The Morgan fingerprint density at radius 3 is 1.75 bits per heavy atom. The standard InChI is InChI=1S/C5H6Br2N2O2.BrH/c1-5(2)3(10)8(6)4(11)9(5)7;/h1-2H3;1H. The number of halogens is 3. The molecule has 0 aromatic heterocycles. The highest BCUT2D eigenvalue weighted by atomic mass is 79.9. The van der Waals surface area contributed by atoms with E-state index in [1.54, 1.807) is 13.8 Å². The number of rotatable bonds is 0. The van der Waals surface area contributed by atoms with Gasteiger partial charge in [0, 0.05) is 0 Å². The van der Waals surface area contributed by atoms with Gasteiger partial charge in [0.25, 0.3) is 5.91 Å². The summed E-state index contributed by atoms with van der Waals surface area (Å²) in [6.07, 6.45) is 0. The highest BCUT2D eigenvalue weighted by molar-refractivity contribution is 9.08. The molecule has 3 amide bonds. The van der Waals surface area contributed by atoms with E-state index >= 15 is 0 Å². The van der Waals surface area contributed by atoms with E-state index in [9.17, 15) is 9.59 Å². The van der Waals surface area contributed by atoms with Crippen molar-refractivity contribution >= 4 is 61.2 Å². The van der Waals surface area contributed by atoms with E-state index in [2.05, 4.69) is 32.3 Å². The lowest BCUT2D eigenvalue weighted by Crippen LogP contribution is -2.37. The lowest BCUT2D eigenvalue weighted by molar-refractivity contribution is -0.127. The van der Waals surface area contributed by atoms with Gasteiger partial charge in [-0.15, -0.1) is 17.0 Å². The van der Waals surface area contributed by atoms with E-state index in [1.807, 2.05) is 0 Å². The fraction of sp³-hybridized carbons (Fsp3) is 0.600. The molecule has 0 aromatic rings. The van der Waals surface area contributed by atoms with Crippen LogP contribution in [-0.4, -0.2) is 25.3 Å². The first kappa shape index (κ1) is 12.4. The van der Waals surface area contributed by atoms with Crippen molar-refractivity contribution in [3.63, 3.8) is 0 Å². The maximum absolute atomic E-state index is 11.2. The summed E-state index contributed by atoms with van der Waals surface area (Å²) in [5.41, 5.74) is -0.805. The second-order valence-corrected chi connectivity index (χ2v) is 4.13. The normalized spacial score (nSPS) is 21.3. The summed E-state index contributed by atoms with van der Waals surface area (Å²) in [5, 5.41) is 0. The number of imide groups is 1. The second-order valence-electron chi connectivity index (χ2n) is 2.71. The van der Waals surface area contributed by atoms with Gasteiger partial charge in [-0.1, -0.05) is 0 Å². The fourth-order valence-electron chi connectivity index (χ4n) is 0.727. The molecule has 0 aliphatic carbocycles. The molecule has 1 rings (SSSR count). The van der Waals surface area contributed by atoms with Crippen LogP contribution in [0, 0.1) is 0 Å². The molecule has 1 heterocycles. The third kappa shape index (κ3) is 1.54. The average Bonchev–Trinajstić information content (AvgIpc) is 2.06. The monoisotopic (exact) mass is 364 g/mol. The van der Waals surface area contributed by atoms with Crippen LogP contribution in [0.15, 0.2) is 0 Å². The zero-order valence-corrected chi connectivity index (χ0v) is 11.3. The Kier molecular flexibility index (Phi) is 3.74. The zero-order valence-electron chi connectivity index (χ0n) is 6.38. The minimum atomic E-state index is -0.805. The van der Waals surface area contributed by atoms with Gasteiger partial charge in [-0.2, -0.15) is 3.93 Å². The average molecular weight is 367 g/mol. The van der Waals surface area contributed by atoms with E-state index in [-0.39, 0.29) is 22.9 Å². The number of carbonyl (C=O) groups is 2. The summed E-state index contributed by atoms with van der Waals surface area (Å²) in [5.74, 6) is -0.278. The smallest absolute Gasteiger partial charge is 0.271 e. The second kappa shape index (κ2) is 3.63. The summed E-state index contributed by atoms with van der Waals surface area (Å²) in [6.45, 7) is 3.31. The Morgan fingerprint density at radius 2 is 1.67 bits per heavy atom. The van der Waals surface area contributed by atoms with Crippen LogP contribution < -0.4 is 0 Å². The van der Waals surface area contributed by atoms with Crippen molar-refractivity contribution in [1.82, 2.24) is 7.85 Å². The van der Waals surface area contributed by atoms with Gasteiger partial charge in [0.05, 0.1) is 32.3 Å². The first-order chi connectivity index (χ1) is 4.89. The molecule has 1 aliphatic heterocycles. The number of amides is 3. The molecular formula is C5H7Br3N2O2. The molecular weight excluding hydrogens is 360 g/mol. The van der Waals surface area contributed by atoms with Crippen LogP contribution in [0.2, 0.25) is 0 Å². The molecule has 0 spiro atoms. The molecule has 12 heavy (non-hydrogen) atoms. The number of hydrogen-bond acceptors (Lipinski definition) is 2.